The second-order valence-corrected chi connectivity index (χ2v) is 7.67. The quantitative estimate of drug-likeness (QED) is 0.884. The summed E-state index contributed by atoms with van der Waals surface area (Å²) in [6.07, 6.45) is 5.80. The number of nitrogens with zero attached hydrogens (tertiary/aromatic N) is 4. The molecule has 28 heavy (non-hydrogen) atoms. The van der Waals surface area contributed by atoms with Crippen molar-refractivity contribution in [3.63, 3.8) is 0 Å². The van der Waals surface area contributed by atoms with Gasteiger partial charge < -0.3 is 15.1 Å². The molecule has 146 valence electrons. The van der Waals surface area contributed by atoms with Gasteiger partial charge in [0, 0.05) is 31.7 Å². The third-order valence-corrected chi connectivity index (χ3v) is 5.54. The van der Waals surface area contributed by atoms with Crippen LogP contribution in [0.4, 0.5) is 17.3 Å². The molecule has 1 aromatic carbocycles. The minimum Gasteiger partial charge on any atom is -0.341 e. The first kappa shape index (κ1) is 18.4. The molecule has 0 saturated carbocycles. The maximum absolute atomic E-state index is 12.6. The fourth-order valence-electron chi connectivity index (χ4n) is 3.74. The van der Waals surface area contributed by atoms with Gasteiger partial charge in [0.05, 0.1) is 24.0 Å². The number of amides is 2. The van der Waals surface area contributed by atoms with E-state index < -0.39 is 0 Å². The standard InChI is InChI=1S/C21H25N5O2/c1-15-7-9-25(10-8-15)21-22-12-17(13-23-21)24-20(28)16-11-19(27)26(14-16)18-5-3-2-4-6-18/h2-6,12-13,15-16H,7-11,14H2,1H3,(H,24,28). The third-order valence-electron chi connectivity index (χ3n) is 5.54. The Hall–Kier alpha value is -2.96. The van der Waals surface area contributed by atoms with Crippen LogP contribution in [0, 0.1) is 11.8 Å². The Balaban J connectivity index is 1.35. The molecule has 2 aliphatic rings. The van der Waals surface area contributed by atoms with E-state index in [1.165, 1.54) is 0 Å². The number of aromatic nitrogens is 2. The molecular formula is C21H25N5O2. The number of nitrogens with one attached hydrogen (secondary N) is 1. The lowest BCUT2D eigenvalue weighted by Gasteiger charge is -2.30. The second-order valence-electron chi connectivity index (χ2n) is 7.67. The summed E-state index contributed by atoms with van der Waals surface area (Å²) in [5.74, 6) is 0.874. The van der Waals surface area contributed by atoms with Gasteiger partial charge in [0.25, 0.3) is 0 Å². The van der Waals surface area contributed by atoms with Gasteiger partial charge in [-0.25, -0.2) is 9.97 Å². The van der Waals surface area contributed by atoms with E-state index in [0.29, 0.717) is 18.2 Å². The van der Waals surface area contributed by atoms with Gasteiger partial charge in [-0.1, -0.05) is 25.1 Å². The topological polar surface area (TPSA) is 78.4 Å². The molecule has 0 spiro atoms. The Bertz CT molecular complexity index is 832. The monoisotopic (exact) mass is 379 g/mol. The van der Waals surface area contributed by atoms with Crippen LogP contribution in [-0.4, -0.2) is 41.4 Å². The highest BCUT2D eigenvalue weighted by Gasteiger charge is 2.35. The van der Waals surface area contributed by atoms with Gasteiger partial charge in [-0.3, -0.25) is 9.59 Å². The second kappa shape index (κ2) is 7.96. The van der Waals surface area contributed by atoms with Crippen LogP contribution < -0.4 is 15.1 Å². The van der Waals surface area contributed by atoms with Gasteiger partial charge in [0.2, 0.25) is 17.8 Å². The van der Waals surface area contributed by atoms with E-state index >= 15 is 0 Å². The summed E-state index contributed by atoms with van der Waals surface area (Å²) in [5, 5.41) is 2.85. The maximum Gasteiger partial charge on any atom is 0.229 e. The SMILES string of the molecule is CC1CCN(c2ncc(NC(=O)C3CC(=O)N(c4ccccc4)C3)cn2)CC1. The van der Waals surface area contributed by atoms with Gasteiger partial charge in [0.1, 0.15) is 0 Å². The zero-order valence-corrected chi connectivity index (χ0v) is 16.0. The largest absolute Gasteiger partial charge is 0.341 e. The van der Waals surface area contributed by atoms with Crippen LogP contribution in [-0.2, 0) is 9.59 Å². The molecule has 1 aromatic heterocycles. The number of anilines is 3. The number of carbonyl (C=O) groups is 2. The molecule has 2 aromatic rings. The molecule has 2 amide bonds. The Kier molecular flexibility index (Phi) is 5.23. The molecular weight excluding hydrogens is 354 g/mol. The molecule has 7 heteroatoms. The van der Waals surface area contributed by atoms with Crippen molar-refractivity contribution in [3.05, 3.63) is 42.7 Å². The zero-order valence-electron chi connectivity index (χ0n) is 16.0. The normalized spacial score (nSPS) is 20.5. The van der Waals surface area contributed by atoms with E-state index in [9.17, 15) is 9.59 Å². The van der Waals surface area contributed by atoms with Gasteiger partial charge in [-0.2, -0.15) is 0 Å². The summed E-state index contributed by atoms with van der Waals surface area (Å²) < 4.78 is 0. The summed E-state index contributed by atoms with van der Waals surface area (Å²) in [4.78, 5) is 37.6. The van der Waals surface area contributed by atoms with E-state index in [1.807, 2.05) is 30.3 Å². The Morgan fingerprint density at radius 2 is 1.79 bits per heavy atom. The molecule has 2 fully saturated rings. The van der Waals surface area contributed by atoms with Crippen LogP contribution in [0.15, 0.2) is 42.7 Å². The van der Waals surface area contributed by atoms with Crippen LogP contribution in [0.5, 0.6) is 0 Å². The molecule has 1 atom stereocenters. The number of hydrogen-bond donors (Lipinski definition) is 1. The zero-order chi connectivity index (χ0) is 19.5. The maximum atomic E-state index is 12.6. The highest BCUT2D eigenvalue weighted by Crippen LogP contribution is 2.26. The van der Waals surface area contributed by atoms with Gasteiger partial charge in [0.15, 0.2) is 0 Å². The lowest BCUT2D eigenvalue weighted by Crippen LogP contribution is -2.34. The van der Waals surface area contributed by atoms with E-state index in [0.717, 1.165) is 37.5 Å². The molecule has 0 radical (unpaired) electrons. The molecule has 0 aliphatic carbocycles. The number of para-hydroxylation sites is 1. The molecule has 4 rings (SSSR count). The molecule has 1 unspecified atom stereocenters. The molecule has 1 N–H and O–H groups in total. The number of hydrogen-bond acceptors (Lipinski definition) is 5. The highest BCUT2D eigenvalue weighted by molar-refractivity contribution is 6.03. The van der Waals surface area contributed by atoms with Crippen molar-refractivity contribution in [2.45, 2.75) is 26.2 Å². The van der Waals surface area contributed by atoms with Crippen molar-refractivity contribution in [2.75, 3.05) is 34.8 Å². The molecule has 3 heterocycles. The first-order valence-electron chi connectivity index (χ1n) is 9.83. The summed E-state index contributed by atoms with van der Waals surface area (Å²) in [6.45, 7) is 4.59. The van der Waals surface area contributed by atoms with Crippen molar-refractivity contribution in [2.24, 2.45) is 11.8 Å². The van der Waals surface area contributed by atoms with Crippen LogP contribution in [0.2, 0.25) is 0 Å². The summed E-state index contributed by atoms with van der Waals surface area (Å²) in [6, 6.07) is 9.44. The third kappa shape index (κ3) is 3.98. The first-order chi connectivity index (χ1) is 13.6. The number of rotatable bonds is 4. The van der Waals surface area contributed by atoms with Crippen LogP contribution in [0.3, 0.4) is 0 Å². The molecule has 7 nitrogen and oxygen atoms in total. The van der Waals surface area contributed by atoms with E-state index in [1.54, 1.807) is 17.3 Å². The van der Waals surface area contributed by atoms with Crippen molar-refractivity contribution in [1.29, 1.82) is 0 Å². The fourth-order valence-corrected chi connectivity index (χ4v) is 3.74. The fraction of sp³-hybridized carbons (Fsp3) is 0.429. The highest BCUT2D eigenvalue weighted by atomic mass is 16.2. The average Bonchev–Trinajstić information content (AvgIpc) is 3.12. The van der Waals surface area contributed by atoms with Crippen molar-refractivity contribution < 1.29 is 9.59 Å². The lowest BCUT2D eigenvalue weighted by molar-refractivity contribution is -0.122. The van der Waals surface area contributed by atoms with Crippen molar-refractivity contribution in [3.8, 4) is 0 Å². The Morgan fingerprint density at radius 1 is 1.11 bits per heavy atom. The summed E-state index contributed by atoms with van der Waals surface area (Å²) in [7, 11) is 0. The number of carbonyl (C=O) groups excluding carboxylic acids is 2. The Morgan fingerprint density at radius 3 is 2.46 bits per heavy atom. The van der Waals surface area contributed by atoms with Crippen molar-refractivity contribution in [1.82, 2.24) is 9.97 Å². The number of benzene rings is 1. The van der Waals surface area contributed by atoms with E-state index in [-0.39, 0.29) is 24.2 Å². The molecule has 0 bridgehead atoms. The molecule has 2 aliphatic heterocycles. The summed E-state index contributed by atoms with van der Waals surface area (Å²) >= 11 is 0. The minimum absolute atomic E-state index is 0.0303. The predicted molar refractivity (Wildman–Crippen MR) is 108 cm³/mol. The van der Waals surface area contributed by atoms with E-state index in [4.69, 9.17) is 0 Å². The van der Waals surface area contributed by atoms with Crippen molar-refractivity contribution >= 4 is 29.1 Å². The van der Waals surface area contributed by atoms with Gasteiger partial charge in [-0.05, 0) is 30.9 Å². The van der Waals surface area contributed by atoms with Gasteiger partial charge >= 0.3 is 0 Å². The number of piperidine rings is 1. The molecule has 2 saturated heterocycles. The van der Waals surface area contributed by atoms with Crippen LogP contribution in [0.25, 0.3) is 0 Å². The van der Waals surface area contributed by atoms with Gasteiger partial charge in [-0.15, -0.1) is 0 Å². The average molecular weight is 379 g/mol. The smallest absolute Gasteiger partial charge is 0.229 e. The first-order valence-corrected chi connectivity index (χ1v) is 9.83. The Labute approximate surface area is 164 Å². The predicted octanol–water partition coefficient (Wildman–Crippen LogP) is 2.70. The van der Waals surface area contributed by atoms with Crippen LogP contribution >= 0.6 is 0 Å². The minimum atomic E-state index is -0.379. The van der Waals surface area contributed by atoms with E-state index in [2.05, 4.69) is 27.1 Å². The van der Waals surface area contributed by atoms with Crippen LogP contribution in [0.1, 0.15) is 26.2 Å². The lowest BCUT2D eigenvalue weighted by atomic mass is 10.00. The summed E-state index contributed by atoms with van der Waals surface area (Å²) in [5.41, 5.74) is 1.39.